The molecule has 30 heavy (non-hydrogen) atoms. The van der Waals surface area contributed by atoms with Crippen molar-refractivity contribution in [3.05, 3.63) is 51.8 Å². The van der Waals surface area contributed by atoms with E-state index in [2.05, 4.69) is 36.8 Å². The van der Waals surface area contributed by atoms with Crippen LogP contribution in [0.4, 0.5) is 13.2 Å². The van der Waals surface area contributed by atoms with Crippen molar-refractivity contribution in [2.24, 2.45) is 5.73 Å². The van der Waals surface area contributed by atoms with Crippen molar-refractivity contribution in [2.45, 2.75) is 32.2 Å². The number of nitrogens with two attached hydrogens (primary N) is 1. The largest absolute Gasteiger partial charge is 0.573 e. The van der Waals surface area contributed by atoms with E-state index in [0.29, 0.717) is 11.0 Å². The molecule has 2 N–H and O–H groups in total. The summed E-state index contributed by atoms with van der Waals surface area (Å²) >= 11 is 3.37. The Labute approximate surface area is 177 Å². The molecule has 0 saturated heterocycles. The highest BCUT2D eigenvalue weighted by atomic mass is 79.9. The van der Waals surface area contributed by atoms with Gasteiger partial charge < -0.3 is 10.5 Å². The maximum Gasteiger partial charge on any atom is 0.573 e. The Morgan fingerprint density at radius 1 is 1.40 bits per heavy atom. The van der Waals surface area contributed by atoms with Crippen LogP contribution in [0.25, 0.3) is 11.0 Å². The van der Waals surface area contributed by atoms with Gasteiger partial charge in [-0.25, -0.2) is 0 Å². The zero-order valence-corrected chi connectivity index (χ0v) is 17.4. The van der Waals surface area contributed by atoms with Crippen molar-refractivity contribution in [1.29, 1.82) is 5.26 Å². The number of alkyl halides is 3. The molecule has 2 aromatic heterocycles. The molecule has 1 amide bonds. The van der Waals surface area contributed by atoms with Crippen molar-refractivity contribution in [3.8, 4) is 11.8 Å². The lowest BCUT2D eigenvalue weighted by Crippen LogP contribution is -2.30. The molecule has 0 saturated carbocycles. The fourth-order valence-corrected chi connectivity index (χ4v) is 3.38. The average molecular weight is 482 g/mol. The molecule has 0 radical (unpaired) electrons. The molecule has 0 bridgehead atoms. The second kappa shape index (κ2) is 7.60. The minimum absolute atomic E-state index is 0.00432. The van der Waals surface area contributed by atoms with Crippen molar-refractivity contribution in [1.82, 2.24) is 14.8 Å². The molecule has 11 heteroatoms. The first-order valence-electron chi connectivity index (χ1n) is 8.53. The summed E-state index contributed by atoms with van der Waals surface area (Å²) in [5.74, 6) is -1.44. The number of hydrogen-bond acceptors (Lipinski definition) is 5. The van der Waals surface area contributed by atoms with Gasteiger partial charge in [0.1, 0.15) is 16.8 Å². The van der Waals surface area contributed by atoms with Gasteiger partial charge in [0.2, 0.25) is 5.91 Å². The van der Waals surface area contributed by atoms with E-state index in [4.69, 9.17) is 5.73 Å². The summed E-state index contributed by atoms with van der Waals surface area (Å²) in [6.45, 7) is 3.26. The van der Waals surface area contributed by atoms with Crippen molar-refractivity contribution < 1.29 is 22.7 Å². The standard InChI is InChI=1S/C19H15BrF3N5O2/c1-10-14(20)6-26-15-7-28(27-16(10)15)9-18(2,8-24)13-5-11(30-19(21,22)23)3-4-12(13)17(25)29/h3-7H,9H2,1-2H3,(H2,25,29). The Morgan fingerprint density at radius 2 is 2.10 bits per heavy atom. The van der Waals surface area contributed by atoms with Gasteiger partial charge >= 0.3 is 6.36 Å². The molecule has 0 spiro atoms. The minimum atomic E-state index is -4.93. The van der Waals surface area contributed by atoms with Crippen molar-refractivity contribution in [2.75, 3.05) is 0 Å². The van der Waals surface area contributed by atoms with E-state index in [1.165, 1.54) is 11.6 Å². The van der Waals surface area contributed by atoms with Crippen LogP contribution in [0, 0.1) is 18.3 Å². The zero-order valence-electron chi connectivity index (χ0n) is 15.8. The van der Waals surface area contributed by atoms with Gasteiger partial charge in [-0.3, -0.25) is 14.5 Å². The molecule has 1 atom stereocenters. The number of aryl methyl sites for hydroxylation is 1. The summed E-state index contributed by atoms with van der Waals surface area (Å²) in [7, 11) is 0. The number of primary amides is 1. The lowest BCUT2D eigenvalue weighted by molar-refractivity contribution is -0.274. The lowest BCUT2D eigenvalue weighted by Gasteiger charge is -2.25. The number of amides is 1. The predicted molar refractivity (Wildman–Crippen MR) is 105 cm³/mol. The second-order valence-corrected chi connectivity index (χ2v) is 7.71. The van der Waals surface area contributed by atoms with Crippen LogP contribution < -0.4 is 10.5 Å². The molecule has 0 fully saturated rings. The van der Waals surface area contributed by atoms with Gasteiger partial charge in [0.25, 0.3) is 0 Å². The maximum atomic E-state index is 12.6. The van der Waals surface area contributed by atoms with E-state index >= 15 is 0 Å². The topological polar surface area (TPSA) is 107 Å². The number of hydrogen-bond donors (Lipinski definition) is 1. The van der Waals surface area contributed by atoms with Gasteiger partial charge in [-0.05, 0) is 59.1 Å². The van der Waals surface area contributed by atoms with Crippen molar-refractivity contribution in [3.63, 3.8) is 0 Å². The number of pyridine rings is 1. The van der Waals surface area contributed by atoms with E-state index in [0.717, 1.165) is 28.2 Å². The van der Waals surface area contributed by atoms with Crippen LogP contribution in [-0.4, -0.2) is 27.0 Å². The number of nitriles is 1. The summed E-state index contributed by atoms with van der Waals surface area (Å²) < 4.78 is 44.1. The van der Waals surface area contributed by atoms with Gasteiger partial charge in [-0.2, -0.15) is 10.4 Å². The zero-order chi connectivity index (χ0) is 22.3. The number of benzene rings is 1. The summed E-state index contributed by atoms with van der Waals surface area (Å²) in [5, 5.41) is 14.3. The first kappa shape index (κ1) is 21.6. The molecule has 156 valence electrons. The molecule has 3 rings (SSSR count). The summed E-state index contributed by atoms with van der Waals surface area (Å²) in [5.41, 5.74) is 5.90. The van der Waals surface area contributed by atoms with Gasteiger partial charge in [-0.1, -0.05) is 0 Å². The number of fused-ring (bicyclic) bond motifs is 1. The normalized spacial score (nSPS) is 13.6. The molecule has 1 aromatic carbocycles. The number of aromatic nitrogens is 3. The SMILES string of the molecule is Cc1c(Br)cnc2cn(CC(C)(C#N)c3cc(OC(F)(F)F)ccc3C(N)=O)nc12. The molecule has 3 aromatic rings. The highest BCUT2D eigenvalue weighted by Gasteiger charge is 2.35. The average Bonchev–Trinajstić information content (AvgIpc) is 3.06. The monoisotopic (exact) mass is 481 g/mol. The van der Waals surface area contributed by atoms with Crippen molar-refractivity contribution >= 4 is 32.9 Å². The van der Waals surface area contributed by atoms with Crippen LogP contribution in [0.15, 0.2) is 35.1 Å². The Kier molecular flexibility index (Phi) is 5.47. The van der Waals surface area contributed by atoms with E-state index in [1.54, 1.807) is 12.4 Å². The molecule has 0 aliphatic heterocycles. The molecule has 0 aliphatic carbocycles. The Balaban J connectivity index is 2.09. The van der Waals surface area contributed by atoms with Crippen LogP contribution in [0.2, 0.25) is 0 Å². The third-order valence-electron chi connectivity index (χ3n) is 4.58. The highest BCUT2D eigenvalue weighted by molar-refractivity contribution is 9.10. The van der Waals surface area contributed by atoms with Gasteiger partial charge in [0, 0.05) is 16.2 Å². The molecule has 7 nitrogen and oxygen atoms in total. The number of nitrogens with zero attached hydrogens (tertiary/aromatic N) is 4. The Morgan fingerprint density at radius 3 is 2.70 bits per heavy atom. The fraction of sp³-hybridized carbons (Fsp3) is 0.263. The number of carbonyl (C=O) groups excluding carboxylic acids is 1. The van der Waals surface area contributed by atoms with E-state index in [9.17, 15) is 23.2 Å². The van der Waals surface area contributed by atoms with Crippen LogP contribution in [0.1, 0.15) is 28.4 Å². The maximum absolute atomic E-state index is 12.6. The van der Waals surface area contributed by atoms with E-state index < -0.39 is 23.4 Å². The third-order valence-corrected chi connectivity index (χ3v) is 5.38. The molecule has 2 heterocycles. The Bertz CT molecular complexity index is 1190. The van der Waals surface area contributed by atoms with Crippen LogP contribution >= 0.6 is 15.9 Å². The lowest BCUT2D eigenvalue weighted by atomic mass is 9.80. The summed E-state index contributed by atoms with van der Waals surface area (Å²) in [6.07, 6.45) is -1.69. The Hall–Kier alpha value is -3.13. The fourth-order valence-electron chi connectivity index (χ4n) is 3.09. The quantitative estimate of drug-likeness (QED) is 0.592. The molecular formula is C19H15BrF3N5O2. The molecular weight excluding hydrogens is 467 g/mol. The number of ether oxygens (including phenoxy) is 1. The smallest absolute Gasteiger partial charge is 0.406 e. The van der Waals surface area contributed by atoms with E-state index in [1.807, 2.05) is 6.92 Å². The minimum Gasteiger partial charge on any atom is -0.406 e. The summed E-state index contributed by atoms with van der Waals surface area (Å²) in [6, 6.07) is 5.15. The second-order valence-electron chi connectivity index (χ2n) is 6.86. The highest BCUT2D eigenvalue weighted by Crippen LogP contribution is 2.34. The number of halogens is 4. The number of rotatable bonds is 5. The van der Waals surface area contributed by atoms with Gasteiger partial charge in [0.05, 0.1) is 24.2 Å². The molecule has 1 unspecified atom stereocenters. The summed E-state index contributed by atoms with van der Waals surface area (Å²) in [4.78, 5) is 16.1. The van der Waals surface area contributed by atoms with Gasteiger partial charge in [-0.15, -0.1) is 13.2 Å². The van der Waals surface area contributed by atoms with Crippen LogP contribution in [0.5, 0.6) is 5.75 Å². The predicted octanol–water partition coefficient (Wildman–Crippen LogP) is 3.98. The first-order chi connectivity index (χ1) is 13.9. The number of carbonyl (C=O) groups is 1. The van der Waals surface area contributed by atoms with Gasteiger partial charge in [0.15, 0.2) is 0 Å². The van der Waals surface area contributed by atoms with Crippen LogP contribution in [-0.2, 0) is 12.0 Å². The third kappa shape index (κ3) is 4.23. The first-order valence-corrected chi connectivity index (χ1v) is 9.32. The molecule has 0 aliphatic rings. The van der Waals surface area contributed by atoms with Crippen LogP contribution in [0.3, 0.4) is 0 Å². The van der Waals surface area contributed by atoms with E-state index in [-0.39, 0.29) is 17.7 Å².